The number of rotatable bonds is 9. The Bertz CT molecular complexity index is 727. The Morgan fingerprint density at radius 1 is 1.25 bits per heavy atom. The highest BCUT2D eigenvalue weighted by molar-refractivity contribution is 14.0. The largest absolute Gasteiger partial charge is 0.492 e. The molecule has 0 aliphatic carbocycles. The quantitative estimate of drug-likeness (QED) is 0.274. The van der Waals surface area contributed by atoms with E-state index in [4.69, 9.17) is 14.5 Å². The third-order valence-electron chi connectivity index (χ3n) is 5.63. The van der Waals surface area contributed by atoms with Crippen molar-refractivity contribution in [2.75, 3.05) is 59.1 Å². The average molecular weight is 559 g/mol. The van der Waals surface area contributed by atoms with Crippen molar-refractivity contribution in [3.8, 4) is 5.75 Å². The van der Waals surface area contributed by atoms with Crippen LogP contribution in [0.5, 0.6) is 5.75 Å². The van der Waals surface area contributed by atoms with Crippen LogP contribution in [0.15, 0.2) is 29.3 Å². The molecule has 0 spiro atoms. The van der Waals surface area contributed by atoms with E-state index in [0.717, 1.165) is 76.2 Å². The smallest absolute Gasteiger partial charge is 0.222 e. The second kappa shape index (κ2) is 14.5. The Morgan fingerprint density at radius 3 is 2.81 bits per heavy atom. The minimum absolute atomic E-state index is 0. The van der Waals surface area contributed by atoms with Gasteiger partial charge in [-0.05, 0) is 31.0 Å². The number of hydrogen-bond acceptors (Lipinski definition) is 5. The zero-order valence-electron chi connectivity index (χ0n) is 19.3. The number of carbonyl (C=O) groups is 1. The molecule has 1 aromatic carbocycles. The SMILES string of the molecule is CCNC(=NCc1cccc(OCCN2CCOCC2)c1)NC1CCN(C(=O)CC)C1.I. The number of ether oxygens (including phenoxy) is 2. The summed E-state index contributed by atoms with van der Waals surface area (Å²) in [6.45, 7) is 12.0. The lowest BCUT2D eigenvalue weighted by atomic mass is 10.2. The van der Waals surface area contributed by atoms with E-state index in [2.05, 4.69) is 34.6 Å². The molecule has 2 saturated heterocycles. The van der Waals surface area contributed by atoms with E-state index < -0.39 is 0 Å². The summed E-state index contributed by atoms with van der Waals surface area (Å²) < 4.78 is 11.3. The molecule has 2 heterocycles. The molecule has 2 N–H and O–H groups in total. The van der Waals surface area contributed by atoms with Crippen molar-refractivity contribution in [3.05, 3.63) is 29.8 Å². The first-order valence-electron chi connectivity index (χ1n) is 11.5. The fourth-order valence-corrected chi connectivity index (χ4v) is 3.86. The van der Waals surface area contributed by atoms with Gasteiger partial charge in [0.05, 0.1) is 19.8 Å². The summed E-state index contributed by atoms with van der Waals surface area (Å²) in [5.41, 5.74) is 1.11. The van der Waals surface area contributed by atoms with E-state index >= 15 is 0 Å². The molecule has 2 aliphatic heterocycles. The van der Waals surface area contributed by atoms with Crippen molar-refractivity contribution in [1.82, 2.24) is 20.4 Å². The molecule has 8 nitrogen and oxygen atoms in total. The molecule has 3 rings (SSSR count). The number of nitrogens with one attached hydrogen (secondary N) is 2. The number of hydrogen-bond donors (Lipinski definition) is 2. The van der Waals surface area contributed by atoms with Gasteiger partial charge in [0.15, 0.2) is 5.96 Å². The number of aliphatic imine (C=N–C) groups is 1. The van der Waals surface area contributed by atoms with Gasteiger partial charge in [-0.3, -0.25) is 9.69 Å². The zero-order chi connectivity index (χ0) is 21.9. The highest BCUT2D eigenvalue weighted by Crippen LogP contribution is 2.15. The van der Waals surface area contributed by atoms with E-state index in [0.29, 0.717) is 19.6 Å². The molecule has 1 amide bonds. The van der Waals surface area contributed by atoms with Gasteiger partial charge in [-0.25, -0.2) is 4.99 Å². The van der Waals surface area contributed by atoms with Crippen molar-refractivity contribution < 1.29 is 14.3 Å². The van der Waals surface area contributed by atoms with Gasteiger partial charge in [0.25, 0.3) is 0 Å². The van der Waals surface area contributed by atoms with Crippen LogP contribution in [0.4, 0.5) is 0 Å². The first-order chi connectivity index (χ1) is 15.2. The van der Waals surface area contributed by atoms with Gasteiger partial charge in [-0.1, -0.05) is 19.1 Å². The van der Waals surface area contributed by atoms with E-state index in [1.807, 2.05) is 24.0 Å². The first kappa shape index (κ1) is 26.7. The van der Waals surface area contributed by atoms with Crippen LogP contribution >= 0.6 is 24.0 Å². The van der Waals surface area contributed by atoms with Crippen molar-refractivity contribution in [3.63, 3.8) is 0 Å². The van der Waals surface area contributed by atoms with Gasteiger partial charge >= 0.3 is 0 Å². The zero-order valence-corrected chi connectivity index (χ0v) is 21.7. The lowest BCUT2D eigenvalue weighted by Crippen LogP contribution is -2.45. The maximum Gasteiger partial charge on any atom is 0.222 e. The molecule has 2 fully saturated rings. The number of guanidine groups is 1. The molecule has 2 aliphatic rings. The molecule has 9 heteroatoms. The van der Waals surface area contributed by atoms with E-state index in [-0.39, 0.29) is 35.9 Å². The van der Waals surface area contributed by atoms with E-state index in [9.17, 15) is 4.79 Å². The van der Waals surface area contributed by atoms with Crippen molar-refractivity contribution in [1.29, 1.82) is 0 Å². The molecular weight excluding hydrogens is 521 g/mol. The molecule has 1 aromatic rings. The molecule has 0 saturated carbocycles. The number of benzene rings is 1. The second-order valence-corrected chi connectivity index (χ2v) is 7.97. The molecule has 0 radical (unpaired) electrons. The minimum Gasteiger partial charge on any atom is -0.492 e. The van der Waals surface area contributed by atoms with Gasteiger partial charge < -0.3 is 25.0 Å². The molecule has 32 heavy (non-hydrogen) atoms. The summed E-state index contributed by atoms with van der Waals surface area (Å²) in [6.07, 6.45) is 1.51. The predicted octanol–water partition coefficient (Wildman–Crippen LogP) is 2.08. The lowest BCUT2D eigenvalue weighted by Gasteiger charge is -2.26. The lowest BCUT2D eigenvalue weighted by molar-refractivity contribution is -0.129. The third-order valence-corrected chi connectivity index (χ3v) is 5.63. The van der Waals surface area contributed by atoms with E-state index in [1.54, 1.807) is 0 Å². The molecular formula is C23H38IN5O3. The van der Waals surface area contributed by atoms with Crippen LogP contribution in [-0.2, 0) is 16.1 Å². The summed E-state index contributed by atoms with van der Waals surface area (Å²) in [5.74, 6) is 1.89. The van der Waals surface area contributed by atoms with Gasteiger partial charge in [0, 0.05) is 51.7 Å². The molecule has 0 aromatic heterocycles. The van der Waals surface area contributed by atoms with Crippen molar-refractivity contribution in [2.24, 2.45) is 4.99 Å². The fourth-order valence-electron chi connectivity index (χ4n) is 3.86. The summed E-state index contributed by atoms with van der Waals surface area (Å²) in [7, 11) is 0. The summed E-state index contributed by atoms with van der Waals surface area (Å²) >= 11 is 0. The van der Waals surface area contributed by atoms with Gasteiger partial charge in [0.1, 0.15) is 12.4 Å². The Hall–Kier alpha value is -1.59. The van der Waals surface area contributed by atoms with Crippen LogP contribution in [0.1, 0.15) is 32.3 Å². The van der Waals surface area contributed by atoms with Crippen LogP contribution in [-0.4, -0.2) is 86.8 Å². The highest BCUT2D eigenvalue weighted by Gasteiger charge is 2.25. The monoisotopic (exact) mass is 559 g/mol. The predicted molar refractivity (Wildman–Crippen MR) is 138 cm³/mol. The standard InChI is InChI=1S/C23H37N5O3.HI/c1-3-22(29)28-9-8-20(18-28)26-23(24-4-2)25-17-19-6-5-7-21(16-19)31-15-12-27-10-13-30-14-11-27;/h5-7,16,20H,3-4,8-15,17-18H2,1-2H3,(H2,24,25,26);1H. The Balaban J connectivity index is 0.00000363. The normalized spacial score (nSPS) is 19.4. The molecule has 0 bridgehead atoms. The summed E-state index contributed by atoms with van der Waals surface area (Å²) in [5, 5.41) is 6.79. The van der Waals surface area contributed by atoms with Crippen molar-refractivity contribution >= 4 is 35.8 Å². The first-order valence-corrected chi connectivity index (χ1v) is 11.5. The maximum atomic E-state index is 11.9. The fraction of sp³-hybridized carbons (Fsp3) is 0.652. The van der Waals surface area contributed by atoms with Crippen molar-refractivity contribution in [2.45, 2.75) is 39.3 Å². The van der Waals surface area contributed by atoms with Gasteiger partial charge in [-0.15, -0.1) is 24.0 Å². The Morgan fingerprint density at radius 2 is 2.06 bits per heavy atom. The highest BCUT2D eigenvalue weighted by atomic mass is 127. The Kier molecular flexibility index (Phi) is 12.1. The number of morpholine rings is 1. The van der Waals surface area contributed by atoms with Crippen LogP contribution in [0.3, 0.4) is 0 Å². The minimum atomic E-state index is 0. The number of halogens is 1. The second-order valence-electron chi connectivity index (χ2n) is 7.97. The topological polar surface area (TPSA) is 78.4 Å². The molecule has 180 valence electrons. The molecule has 1 atom stereocenters. The molecule has 1 unspecified atom stereocenters. The number of likely N-dealkylation sites (tertiary alicyclic amines) is 1. The summed E-state index contributed by atoms with van der Waals surface area (Å²) in [4.78, 5) is 21.0. The van der Waals surface area contributed by atoms with Crippen LogP contribution in [0.25, 0.3) is 0 Å². The van der Waals surface area contributed by atoms with Crippen LogP contribution in [0.2, 0.25) is 0 Å². The van der Waals surface area contributed by atoms with Crippen LogP contribution < -0.4 is 15.4 Å². The number of amides is 1. The van der Waals surface area contributed by atoms with E-state index in [1.165, 1.54) is 0 Å². The third kappa shape index (κ3) is 8.74. The number of nitrogens with zero attached hydrogens (tertiary/aromatic N) is 3. The maximum absolute atomic E-state index is 11.9. The average Bonchev–Trinajstić information content (AvgIpc) is 3.27. The number of carbonyl (C=O) groups excluding carboxylic acids is 1. The summed E-state index contributed by atoms with van der Waals surface area (Å²) in [6, 6.07) is 8.37. The van der Waals surface area contributed by atoms with Gasteiger partial charge in [-0.2, -0.15) is 0 Å². The van der Waals surface area contributed by atoms with Gasteiger partial charge in [0.2, 0.25) is 5.91 Å². The van der Waals surface area contributed by atoms with Crippen LogP contribution in [0, 0.1) is 0 Å². The Labute approximate surface area is 209 Å².